The van der Waals surface area contributed by atoms with Crippen molar-refractivity contribution in [3.63, 3.8) is 0 Å². The molecular weight excluding hydrogens is 615 g/mol. The van der Waals surface area contributed by atoms with E-state index in [9.17, 15) is 22.8 Å². The first-order valence-corrected chi connectivity index (χ1v) is 15.9. The van der Waals surface area contributed by atoms with Gasteiger partial charge in [-0.25, -0.2) is 9.97 Å². The molecular formula is C34H42F3N5O5. The first-order valence-electron chi connectivity index (χ1n) is 15.9. The second kappa shape index (κ2) is 17.6. The van der Waals surface area contributed by atoms with E-state index >= 15 is 0 Å². The number of alkyl halides is 3. The summed E-state index contributed by atoms with van der Waals surface area (Å²) in [4.78, 5) is 36.0. The molecule has 4 rings (SSSR count). The van der Waals surface area contributed by atoms with Gasteiger partial charge < -0.3 is 29.7 Å². The maximum absolute atomic E-state index is 13.2. The molecule has 1 aromatic heterocycles. The molecule has 0 radical (unpaired) electrons. The van der Waals surface area contributed by atoms with E-state index in [1.165, 1.54) is 18.5 Å². The van der Waals surface area contributed by atoms with Crippen molar-refractivity contribution < 1.29 is 37.0 Å². The molecule has 2 amide bonds. The average Bonchev–Trinajstić information content (AvgIpc) is 3.06. The van der Waals surface area contributed by atoms with Crippen molar-refractivity contribution in [3.05, 3.63) is 71.5 Å². The average molecular weight is 658 g/mol. The van der Waals surface area contributed by atoms with E-state index in [1.807, 2.05) is 13.8 Å². The molecule has 1 saturated heterocycles. The van der Waals surface area contributed by atoms with Crippen LogP contribution in [0.4, 0.5) is 13.2 Å². The van der Waals surface area contributed by atoms with Crippen LogP contribution in [0.25, 0.3) is 11.1 Å². The molecule has 10 nitrogen and oxygen atoms in total. The number of carbonyl (C=O) groups excluding carboxylic acids is 2. The van der Waals surface area contributed by atoms with Crippen LogP contribution in [0.15, 0.2) is 54.9 Å². The highest BCUT2D eigenvalue weighted by atomic mass is 19.4. The number of hydrogen-bond donors (Lipinski definition) is 2. The van der Waals surface area contributed by atoms with Crippen molar-refractivity contribution in [1.29, 1.82) is 0 Å². The number of amides is 2. The van der Waals surface area contributed by atoms with Gasteiger partial charge in [-0.05, 0) is 75.4 Å². The number of rotatable bonds is 16. The first kappa shape index (κ1) is 35.6. The van der Waals surface area contributed by atoms with Crippen LogP contribution in [0.5, 0.6) is 11.8 Å². The van der Waals surface area contributed by atoms with Crippen molar-refractivity contribution in [3.8, 4) is 22.9 Å². The number of carbonyl (C=O) groups is 2. The molecule has 2 aromatic carbocycles. The van der Waals surface area contributed by atoms with Crippen molar-refractivity contribution >= 4 is 11.8 Å². The second-order valence-electron chi connectivity index (χ2n) is 11.1. The smallest absolute Gasteiger partial charge is 0.416 e. The Morgan fingerprint density at radius 3 is 2.23 bits per heavy atom. The fourth-order valence-electron chi connectivity index (χ4n) is 5.35. The van der Waals surface area contributed by atoms with Gasteiger partial charge in [0.05, 0.1) is 25.4 Å². The molecule has 0 spiro atoms. The molecule has 47 heavy (non-hydrogen) atoms. The lowest BCUT2D eigenvalue weighted by Crippen LogP contribution is -2.45. The maximum Gasteiger partial charge on any atom is 0.416 e. The Hall–Kier alpha value is -4.23. The summed E-state index contributed by atoms with van der Waals surface area (Å²) >= 11 is 0. The minimum absolute atomic E-state index is 0.00961. The number of aromatic nitrogens is 2. The molecule has 0 saturated carbocycles. The third-order valence-corrected chi connectivity index (χ3v) is 7.75. The zero-order valence-corrected chi connectivity index (χ0v) is 26.8. The Kier molecular flexibility index (Phi) is 13.4. The number of hydrogen-bond acceptors (Lipinski definition) is 8. The molecule has 2 heterocycles. The fourth-order valence-corrected chi connectivity index (χ4v) is 5.35. The Morgan fingerprint density at radius 1 is 0.936 bits per heavy atom. The van der Waals surface area contributed by atoms with E-state index in [0.717, 1.165) is 57.5 Å². The predicted molar refractivity (Wildman–Crippen MR) is 170 cm³/mol. The van der Waals surface area contributed by atoms with Crippen molar-refractivity contribution in [2.75, 3.05) is 46.0 Å². The van der Waals surface area contributed by atoms with Crippen molar-refractivity contribution in [2.45, 2.75) is 58.4 Å². The molecule has 254 valence electrons. The van der Waals surface area contributed by atoms with Crippen LogP contribution >= 0.6 is 0 Å². The summed E-state index contributed by atoms with van der Waals surface area (Å²) in [5.41, 5.74) is 1.41. The number of likely N-dealkylation sites (tertiary alicyclic amines) is 1. The third-order valence-electron chi connectivity index (χ3n) is 7.75. The Labute approximate surface area is 273 Å². The third kappa shape index (κ3) is 10.6. The Balaban J connectivity index is 1.13. The molecule has 13 heteroatoms. The van der Waals surface area contributed by atoms with E-state index < -0.39 is 11.7 Å². The summed E-state index contributed by atoms with van der Waals surface area (Å²) < 4.78 is 55.6. The Bertz CT molecular complexity index is 1420. The monoisotopic (exact) mass is 657 g/mol. The van der Waals surface area contributed by atoms with E-state index in [4.69, 9.17) is 14.2 Å². The second-order valence-corrected chi connectivity index (χ2v) is 11.1. The summed E-state index contributed by atoms with van der Waals surface area (Å²) in [7, 11) is 0. The van der Waals surface area contributed by atoms with Crippen LogP contribution < -0.4 is 20.1 Å². The van der Waals surface area contributed by atoms with Gasteiger partial charge in [-0.15, -0.1) is 0 Å². The number of benzene rings is 2. The van der Waals surface area contributed by atoms with Crippen molar-refractivity contribution in [1.82, 2.24) is 25.5 Å². The molecule has 1 fully saturated rings. The van der Waals surface area contributed by atoms with Gasteiger partial charge in [-0.2, -0.15) is 13.2 Å². The number of ether oxygens (including phenoxy) is 3. The van der Waals surface area contributed by atoms with Crippen molar-refractivity contribution in [2.24, 2.45) is 0 Å². The largest absolute Gasteiger partial charge is 0.478 e. The minimum atomic E-state index is -4.42. The highest BCUT2D eigenvalue weighted by molar-refractivity contribution is 6.01. The van der Waals surface area contributed by atoms with Gasteiger partial charge in [-0.1, -0.05) is 30.3 Å². The zero-order chi connectivity index (χ0) is 33.6. The maximum atomic E-state index is 13.2. The molecule has 0 unspecified atom stereocenters. The standard InChI is InChI=1S/C34H42F3N5O5/c1-3-46-32-29(33(47-4-2)40-23-39-32)21-45-22-30(43)38-17-7-8-18-42-19-15-26(16-20-42)41-31(44)28-10-6-5-9-27(28)24-11-13-25(14-12-24)34(35,36)37/h5-6,9-14,23,26H,3-4,7-8,15-22H2,1-2H3,(H,38,43)(H,41,44). The van der Waals surface area contributed by atoms with Crippen LogP contribution in [-0.2, 0) is 22.3 Å². The van der Waals surface area contributed by atoms with E-state index in [1.54, 1.807) is 24.3 Å². The minimum Gasteiger partial charge on any atom is -0.478 e. The van der Waals surface area contributed by atoms with Gasteiger partial charge >= 0.3 is 6.18 Å². The molecule has 1 aliphatic rings. The molecule has 0 atom stereocenters. The topological polar surface area (TPSA) is 115 Å². The van der Waals surface area contributed by atoms with Gasteiger partial charge in [0.25, 0.3) is 5.91 Å². The summed E-state index contributed by atoms with van der Waals surface area (Å²) in [6.45, 7) is 7.62. The first-order chi connectivity index (χ1) is 22.7. The SMILES string of the molecule is CCOc1ncnc(OCC)c1COCC(=O)NCCCCN1CCC(NC(=O)c2ccccc2-c2ccc(C(F)(F)F)cc2)CC1. The normalized spacial score (nSPS) is 14.1. The summed E-state index contributed by atoms with van der Waals surface area (Å²) in [5, 5.41) is 5.99. The number of halogens is 3. The highest BCUT2D eigenvalue weighted by Crippen LogP contribution is 2.32. The predicted octanol–water partition coefficient (Wildman–Crippen LogP) is 5.27. The van der Waals surface area contributed by atoms with Gasteiger partial charge in [0.1, 0.15) is 18.5 Å². The molecule has 2 N–H and O–H groups in total. The fraction of sp³-hybridized carbons (Fsp3) is 0.471. The number of unbranched alkanes of at least 4 members (excludes halogenated alkanes) is 1. The molecule has 0 aliphatic carbocycles. The van der Waals surface area contributed by atoms with Crippen LogP contribution in [-0.4, -0.2) is 78.7 Å². The highest BCUT2D eigenvalue weighted by Gasteiger charge is 2.30. The number of nitrogens with one attached hydrogen (secondary N) is 2. The van der Waals surface area contributed by atoms with E-state index in [2.05, 4.69) is 25.5 Å². The van der Waals surface area contributed by atoms with E-state index in [0.29, 0.717) is 53.8 Å². The molecule has 3 aromatic rings. The van der Waals surface area contributed by atoms with Crippen LogP contribution in [0, 0.1) is 0 Å². The Morgan fingerprint density at radius 2 is 1.60 bits per heavy atom. The van der Waals surface area contributed by atoms with Gasteiger partial charge in [0.15, 0.2) is 0 Å². The van der Waals surface area contributed by atoms with Gasteiger partial charge in [0, 0.05) is 31.2 Å². The van der Waals surface area contributed by atoms with Crippen LogP contribution in [0.1, 0.15) is 61.0 Å². The van der Waals surface area contributed by atoms with Crippen LogP contribution in [0.3, 0.4) is 0 Å². The summed E-state index contributed by atoms with van der Waals surface area (Å²) in [6.07, 6.45) is 0.272. The summed E-state index contributed by atoms with van der Waals surface area (Å²) in [6, 6.07) is 11.8. The summed E-state index contributed by atoms with van der Waals surface area (Å²) in [5.74, 6) is 0.300. The molecule has 0 bridgehead atoms. The lowest BCUT2D eigenvalue weighted by atomic mass is 9.97. The van der Waals surface area contributed by atoms with E-state index in [-0.39, 0.29) is 31.1 Å². The number of nitrogens with zero attached hydrogens (tertiary/aromatic N) is 3. The number of piperidine rings is 1. The lowest BCUT2D eigenvalue weighted by Gasteiger charge is -2.32. The van der Waals surface area contributed by atoms with Gasteiger partial charge in [-0.3, -0.25) is 9.59 Å². The van der Waals surface area contributed by atoms with Crippen LogP contribution in [0.2, 0.25) is 0 Å². The van der Waals surface area contributed by atoms with Gasteiger partial charge in [0.2, 0.25) is 17.7 Å². The molecule has 1 aliphatic heterocycles. The quantitative estimate of drug-likeness (QED) is 0.201. The lowest BCUT2D eigenvalue weighted by molar-refractivity contribution is -0.137. The zero-order valence-electron chi connectivity index (χ0n) is 26.8.